The Morgan fingerprint density at radius 3 is 2.53 bits per heavy atom. The maximum atomic E-state index is 13.5. The molecule has 1 aromatic carbocycles. The van der Waals surface area contributed by atoms with Crippen LogP contribution in [0.4, 0.5) is 24.0 Å². The van der Waals surface area contributed by atoms with Crippen molar-refractivity contribution in [2.75, 3.05) is 11.9 Å². The first-order chi connectivity index (χ1) is 14.2. The highest BCUT2D eigenvalue weighted by Crippen LogP contribution is 2.35. The fourth-order valence-electron chi connectivity index (χ4n) is 2.81. The highest BCUT2D eigenvalue weighted by molar-refractivity contribution is 7.13. The highest BCUT2D eigenvalue weighted by Gasteiger charge is 2.36. The first kappa shape index (κ1) is 23.9. The van der Waals surface area contributed by atoms with Crippen LogP contribution < -0.4 is 5.32 Å². The molecule has 2 aromatic rings. The van der Waals surface area contributed by atoms with Gasteiger partial charge in [-0.2, -0.15) is 13.2 Å². The molecule has 0 atom stereocenters. The molecule has 4 nitrogen and oxygen atoms in total. The highest BCUT2D eigenvalue weighted by atomic mass is 32.1. The Morgan fingerprint density at radius 2 is 1.90 bits per heavy atom. The van der Waals surface area contributed by atoms with Gasteiger partial charge >= 0.3 is 12.1 Å². The van der Waals surface area contributed by atoms with E-state index >= 15 is 0 Å². The lowest BCUT2D eigenvalue weighted by molar-refractivity contribution is -0.138. The molecule has 164 valence electrons. The van der Waals surface area contributed by atoms with Crippen LogP contribution in [-0.4, -0.2) is 17.6 Å². The number of nitrogens with one attached hydrogen (secondary N) is 1. The standard InChI is InChI=1S/C22H27F3N2O2S/c1-4-5-6-7-8-9-12-29-20(28)17-11-10-16(13-18(17)22(23,24)25)26-21-27-19(14-30-21)15(2)3/h10-11,13-14H,2,4-9,12H2,1,3H3,(H,26,27). The molecule has 0 aliphatic rings. The average Bonchev–Trinajstić information content (AvgIpc) is 3.15. The number of anilines is 2. The van der Waals surface area contributed by atoms with Crippen molar-refractivity contribution < 1.29 is 22.7 Å². The van der Waals surface area contributed by atoms with Gasteiger partial charge in [-0.1, -0.05) is 45.6 Å². The lowest BCUT2D eigenvalue weighted by atomic mass is 10.1. The minimum Gasteiger partial charge on any atom is -0.462 e. The molecule has 0 aliphatic heterocycles. The normalized spacial score (nSPS) is 11.4. The molecule has 1 N–H and O–H groups in total. The fourth-order valence-corrected chi connectivity index (χ4v) is 3.62. The van der Waals surface area contributed by atoms with Crippen molar-refractivity contribution >= 4 is 33.7 Å². The number of unbranched alkanes of at least 4 members (excludes halogenated alkanes) is 5. The van der Waals surface area contributed by atoms with E-state index in [9.17, 15) is 18.0 Å². The number of carbonyl (C=O) groups excluding carboxylic acids is 1. The van der Waals surface area contributed by atoms with Gasteiger partial charge in [-0.25, -0.2) is 9.78 Å². The number of carbonyl (C=O) groups is 1. The number of rotatable bonds is 11. The van der Waals surface area contributed by atoms with Crippen LogP contribution in [0.3, 0.4) is 0 Å². The SMILES string of the molecule is C=C(C)c1csc(Nc2ccc(C(=O)OCCCCCCCC)c(C(F)(F)F)c2)n1. The summed E-state index contributed by atoms with van der Waals surface area (Å²) < 4.78 is 45.7. The third kappa shape index (κ3) is 7.16. The summed E-state index contributed by atoms with van der Waals surface area (Å²) in [6.07, 6.45) is 1.29. The molecule has 0 bridgehead atoms. The number of hydrogen-bond acceptors (Lipinski definition) is 5. The number of ether oxygens (including phenoxy) is 1. The molecule has 0 saturated carbocycles. The number of benzene rings is 1. The van der Waals surface area contributed by atoms with Crippen LogP contribution in [0.2, 0.25) is 0 Å². The topological polar surface area (TPSA) is 51.2 Å². The number of halogens is 3. The fraction of sp³-hybridized carbons (Fsp3) is 0.455. The Kier molecular flexibility index (Phi) is 8.89. The summed E-state index contributed by atoms with van der Waals surface area (Å²) in [6.45, 7) is 7.82. The second-order valence-electron chi connectivity index (χ2n) is 7.11. The molecule has 0 fully saturated rings. The first-order valence-corrected chi connectivity index (χ1v) is 10.9. The summed E-state index contributed by atoms with van der Waals surface area (Å²) in [7, 11) is 0. The molecule has 30 heavy (non-hydrogen) atoms. The Labute approximate surface area is 179 Å². The molecule has 0 amide bonds. The monoisotopic (exact) mass is 440 g/mol. The zero-order chi connectivity index (χ0) is 22.1. The average molecular weight is 441 g/mol. The summed E-state index contributed by atoms with van der Waals surface area (Å²) in [5, 5.41) is 5.06. The number of esters is 1. The molecule has 0 saturated heterocycles. The maximum Gasteiger partial charge on any atom is 0.417 e. The van der Waals surface area contributed by atoms with E-state index in [0.29, 0.717) is 17.2 Å². The van der Waals surface area contributed by atoms with E-state index in [1.54, 1.807) is 12.3 Å². The zero-order valence-electron chi connectivity index (χ0n) is 17.3. The third-order valence-corrected chi connectivity index (χ3v) is 5.23. The van der Waals surface area contributed by atoms with Gasteiger partial charge < -0.3 is 10.1 Å². The van der Waals surface area contributed by atoms with Crippen molar-refractivity contribution in [3.05, 3.63) is 47.0 Å². The van der Waals surface area contributed by atoms with Gasteiger partial charge in [0.15, 0.2) is 5.13 Å². The number of alkyl halides is 3. The molecular formula is C22H27F3N2O2S. The molecule has 8 heteroatoms. The van der Waals surface area contributed by atoms with Crippen molar-refractivity contribution in [3.8, 4) is 0 Å². The minimum atomic E-state index is -4.68. The van der Waals surface area contributed by atoms with Gasteiger partial charge in [0.1, 0.15) is 0 Å². The summed E-state index contributed by atoms with van der Waals surface area (Å²) in [4.78, 5) is 16.5. The number of allylic oxidation sites excluding steroid dienone is 1. The van der Waals surface area contributed by atoms with E-state index in [1.165, 1.54) is 17.4 Å². The van der Waals surface area contributed by atoms with Gasteiger partial charge in [0.05, 0.1) is 23.4 Å². The third-order valence-electron chi connectivity index (χ3n) is 4.47. The lowest BCUT2D eigenvalue weighted by Gasteiger charge is -2.14. The zero-order valence-corrected chi connectivity index (χ0v) is 18.1. The van der Waals surface area contributed by atoms with Crippen LogP contribution in [0.15, 0.2) is 30.2 Å². The van der Waals surface area contributed by atoms with Crippen LogP contribution in [0.25, 0.3) is 5.57 Å². The molecule has 0 aliphatic carbocycles. The summed E-state index contributed by atoms with van der Waals surface area (Å²) in [6, 6.07) is 3.46. The maximum absolute atomic E-state index is 13.5. The number of aromatic nitrogens is 1. The van der Waals surface area contributed by atoms with Crippen LogP contribution in [0, 0.1) is 0 Å². The molecule has 0 radical (unpaired) electrons. The van der Waals surface area contributed by atoms with Crippen molar-refractivity contribution in [1.82, 2.24) is 4.98 Å². The minimum absolute atomic E-state index is 0.116. The molecular weight excluding hydrogens is 413 g/mol. The molecule has 1 heterocycles. The van der Waals surface area contributed by atoms with E-state index < -0.39 is 23.3 Å². The molecule has 1 aromatic heterocycles. The number of hydrogen-bond donors (Lipinski definition) is 1. The van der Waals surface area contributed by atoms with E-state index in [2.05, 4.69) is 23.8 Å². The van der Waals surface area contributed by atoms with Crippen molar-refractivity contribution in [2.24, 2.45) is 0 Å². The van der Waals surface area contributed by atoms with E-state index in [4.69, 9.17) is 4.74 Å². The van der Waals surface area contributed by atoms with Gasteiger partial charge in [0.25, 0.3) is 0 Å². The van der Waals surface area contributed by atoms with Crippen molar-refractivity contribution in [3.63, 3.8) is 0 Å². The van der Waals surface area contributed by atoms with Crippen molar-refractivity contribution in [1.29, 1.82) is 0 Å². The molecule has 0 spiro atoms. The van der Waals surface area contributed by atoms with Crippen LogP contribution in [0.5, 0.6) is 0 Å². The smallest absolute Gasteiger partial charge is 0.417 e. The number of nitrogens with zero attached hydrogens (tertiary/aromatic N) is 1. The quantitative estimate of drug-likeness (QED) is 0.291. The number of thiazole rings is 1. The van der Waals surface area contributed by atoms with Gasteiger partial charge in [-0.3, -0.25) is 0 Å². The largest absolute Gasteiger partial charge is 0.462 e. The predicted molar refractivity (Wildman–Crippen MR) is 115 cm³/mol. The van der Waals surface area contributed by atoms with Crippen molar-refractivity contribution in [2.45, 2.75) is 58.5 Å². The summed E-state index contributed by atoms with van der Waals surface area (Å²) >= 11 is 1.26. The van der Waals surface area contributed by atoms with E-state index in [1.807, 2.05) is 0 Å². The molecule has 2 rings (SSSR count). The van der Waals surface area contributed by atoms with Crippen LogP contribution >= 0.6 is 11.3 Å². The van der Waals surface area contributed by atoms with Gasteiger partial charge in [-0.15, -0.1) is 11.3 Å². The Bertz CT molecular complexity index is 862. The van der Waals surface area contributed by atoms with E-state index in [0.717, 1.165) is 49.8 Å². The summed E-state index contributed by atoms with van der Waals surface area (Å²) in [5.74, 6) is -0.957. The lowest BCUT2D eigenvalue weighted by Crippen LogP contribution is -2.16. The van der Waals surface area contributed by atoms with Crippen LogP contribution in [0.1, 0.15) is 74.0 Å². The Morgan fingerprint density at radius 1 is 1.20 bits per heavy atom. The van der Waals surface area contributed by atoms with Gasteiger partial charge in [0.2, 0.25) is 0 Å². The van der Waals surface area contributed by atoms with Crippen LogP contribution in [-0.2, 0) is 10.9 Å². The van der Waals surface area contributed by atoms with Gasteiger partial charge in [-0.05, 0) is 37.1 Å². The summed E-state index contributed by atoms with van der Waals surface area (Å²) in [5.41, 5.74) is 0.113. The Balaban J connectivity index is 2.04. The first-order valence-electron chi connectivity index (χ1n) is 9.99. The predicted octanol–water partition coefficient (Wildman–Crippen LogP) is 7.46. The second-order valence-corrected chi connectivity index (χ2v) is 7.96. The Hall–Kier alpha value is -2.35. The van der Waals surface area contributed by atoms with E-state index in [-0.39, 0.29) is 12.3 Å². The second kappa shape index (κ2) is 11.2. The van der Waals surface area contributed by atoms with Gasteiger partial charge in [0, 0.05) is 11.1 Å². The molecule has 0 unspecified atom stereocenters.